The van der Waals surface area contributed by atoms with E-state index in [0.29, 0.717) is 25.7 Å². The molecule has 0 saturated carbocycles. The smallest absolute Gasteiger partial charge is 0.222 e. The minimum atomic E-state index is 0.606. The van der Waals surface area contributed by atoms with E-state index in [9.17, 15) is 0 Å². The Balaban J connectivity index is 2.15. The molecule has 0 bridgehead atoms. The van der Waals surface area contributed by atoms with Gasteiger partial charge in [0.1, 0.15) is 0 Å². The summed E-state index contributed by atoms with van der Waals surface area (Å²) in [7, 11) is 0. The number of halogens is 1. The molecule has 1 N–H and O–H groups in total. The Labute approximate surface area is 103 Å². The van der Waals surface area contributed by atoms with Crippen molar-refractivity contribution in [1.82, 2.24) is 9.97 Å². The molecule has 1 rings (SSSR count). The zero-order valence-electron chi connectivity index (χ0n) is 8.66. The molecule has 15 heavy (non-hydrogen) atoms. The normalized spacial score (nSPS) is 10.0. The Morgan fingerprint density at radius 1 is 1.53 bits per heavy atom. The summed E-state index contributed by atoms with van der Waals surface area (Å²) >= 11 is 2.17. The van der Waals surface area contributed by atoms with Gasteiger partial charge in [0.15, 0.2) is 0 Å². The first-order valence-corrected chi connectivity index (χ1v) is 5.70. The predicted octanol–water partition coefficient (Wildman–Crippen LogP) is 2.09. The molecule has 82 valence electrons. The van der Waals surface area contributed by atoms with E-state index in [1.165, 1.54) is 0 Å². The molecule has 0 aliphatic rings. The second-order valence-corrected chi connectivity index (χ2v) is 4.41. The Hall–Kier alpha value is -0.690. The van der Waals surface area contributed by atoms with Gasteiger partial charge < -0.3 is 10.1 Å². The molecule has 1 aromatic heterocycles. The van der Waals surface area contributed by atoms with Gasteiger partial charge in [-0.2, -0.15) is 0 Å². The molecule has 1 heterocycles. The van der Waals surface area contributed by atoms with Crippen LogP contribution in [0.1, 0.15) is 6.92 Å². The average molecular weight is 319 g/mol. The van der Waals surface area contributed by atoms with Crippen molar-refractivity contribution in [3.8, 4) is 0 Å². The molecule has 0 radical (unpaired) electrons. The molecule has 1 aromatic rings. The lowest BCUT2D eigenvalue weighted by atomic mass is 10.4. The highest BCUT2D eigenvalue weighted by Gasteiger charge is 1.94. The third-order valence-corrected chi connectivity index (χ3v) is 2.06. The molecular formula is C10H14IN3O. The molecule has 0 aromatic carbocycles. The van der Waals surface area contributed by atoms with E-state index in [1.54, 1.807) is 12.4 Å². The second kappa shape index (κ2) is 6.73. The number of hydrogen-bond acceptors (Lipinski definition) is 4. The third-order valence-electron chi connectivity index (χ3n) is 1.50. The lowest BCUT2D eigenvalue weighted by molar-refractivity contribution is 0.167. The van der Waals surface area contributed by atoms with Crippen molar-refractivity contribution in [1.29, 1.82) is 0 Å². The van der Waals surface area contributed by atoms with Crippen LogP contribution < -0.4 is 5.32 Å². The lowest BCUT2D eigenvalue weighted by Crippen LogP contribution is -2.12. The van der Waals surface area contributed by atoms with Gasteiger partial charge in [-0.25, -0.2) is 9.97 Å². The zero-order chi connectivity index (χ0) is 11.1. The predicted molar refractivity (Wildman–Crippen MR) is 68.9 cm³/mol. The zero-order valence-corrected chi connectivity index (χ0v) is 10.8. The summed E-state index contributed by atoms with van der Waals surface area (Å²) in [6, 6.07) is 0. The van der Waals surface area contributed by atoms with E-state index in [0.717, 1.165) is 9.14 Å². The molecule has 0 spiro atoms. The lowest BCUT2D eigenvalue weighted by Gasteiger charge is -2.05. The first-order valence-electron chi connectivity index (χ1n) is 4.62. The Bertz CT molecular complexity index is 313. The van der Waals surface area contributed by atoms with Crippen LogP contribution in [0.4, 0.5) is 5.95 Å². The molecule has 0 aliphatic heterocycles. The Morgan fingerprint density at radius 2 is 2.20 bits per heavy atom. The van der Waals surface area contributed by atoms with Gasteiger partial charge in [0, 0.05) is 22.5 Å². The number of rotatable bonds is 6. The monoisotopic (exact) mass is 319 g/mol. The fourth-order valence-electron chi connectivity index (χ4n) is 0.885. The van der Waals surface area contributed by atoms with Crippen molar-refractivity contribution in [2.75, 3.05) is 25.1 Å². The highest BCUT2D eigenvalue weighted by molar-refractivity contribution is 14.1. The van der Waals surface area contributed by atoms with E-state index in [4.69, 9.17) is 4.74 Å². The van der Waals surface area contributed by atoms with Crippen molar-refractivity contribution < 1.29 is 4.74 Å². The summed E-state index contributed by atoms with van der Waals surface area (Å²) in [4.78, 5) is 8.22. The number of nitrogens with one attached hydrogen (secondary N) is 1. The third kappa shape index (κ3) is 5.68. The summed E-state index contributed by atoms with van der Waals surface area (Å²) in [5.41, 5.74) is 1.03. The van der Waals surface area contributed by atoms with Crippen molar-refractivity contribution in [2.45, 2.75) is 6.92 Å². The van der Waals surface area contributed by atoms with Crippen LogP contribution in [0.2, 0.25) is 0 Å². The van der Waals surface area contributed by atoms with Crippen molar-refractivity contribution >= 4 is 28.5 Å². The van der Waals surface area contributed by atoms with Crippen LogP contribution in [-0.4, -0.2) is 29.7 Å². The van der Waals surface area contributed by atoms with Gasteiger partial charge in [0.2, 0.25) is 5.95 Å². The van der Waals surface area contributed by atoms with Gasteiger partial charge in [-0.05, 0) is 29.5 Å². The van der Waals surface area contributed by atoms with Crippen molar-refractivity contribution in [2.24, 2.45) is 0 Å². The van der Waals surface area contributed by atoms with Gasteiger partial charge in [-0.3, -0.25) is 0 Å². The largest absolute Gasteiger partial charge is 0.375 e. The summed E-state index contributed by atoms with van der Waals surface area (Å²) in [5, 5.41) is 3.07. The number of hydrogen-bond donors (Lipinski definition) is 1. The summed E-state index contributed by atoms with van der Waals surface area (Å²) in [6.45, 7) is 7.63. The molecule has 0 unspecified atom stereocenters. The van der Waals surface area contributed by atoms with Crippen molar-refractivity contribution in [3.63, 3.8) is 0 Å². The maximum atomic E-state index is 5.32. The van der Waals surface area contributed by atoms with Gasteiger partial charge in [0.25, 0.3) is 0 Å². The first kappa shape index (κ1) is 12.4. The minimum Gasteiger partial charge on any atom is -0.375 e. The molecule has 0 aliphatic carbocycles. The number of aromatic nitrogens is 2. The standard InChI is InChI=1S/C10H14IN3O/c1-8(2)7-15-4-3-12-10-13-5-9(11)6-14-10/h5-6H,1,3-4,7H2,2H3,(H,12,13,14). The molecule has 0 atom stereocenters. The van der Waals surface area contributed by atoms with E-state index < -0.39 is 0 Å². The molecular weight excluding hydrogens is 305 g/mol. The SMILES string of the molecule is C=C(C)COCCNc1ncc(I)cn1. The van der Waals surface area contributed by atoms with Crippen LogP contribution in [0.25, 0.3) is 0 Å². The van der Waals surface area contributed by atoms with E-state index in [1.807, 2.05) is 6.92 Å². The van der Waals surface area contributed by atoms with E-state index >= 15 is 0 Å². The van der Waals surface area contributed by atoms with Crippen LogP contribution in [0.5, 0.6) is 0 Å². The van der Waals surface area contributed by atoms with Crippen LogP contribution >= 0.6 is 22.6 Å². The Kier molecular flexibility index (Phi) is 5.56. The first-order chi connectivity index (χ1) is 7.18. The highest BCUT2D eigenvalue weighted by atomic mass is 127. The van der Waals surface area contributed by atoms with Gasteiger partial charge in [-0.15, -0.1) is 0 Å². The Morgan fingerprint density at radius 3 is 2.80 bits per heavy atom. The van der Waals surface area contributed by atoms with Crippen LogP contribution in [0.3, 0.4) is 0 Å². The topological polar surface area (TPSA) is 47.0 Å². The number of ether oxygens (including phenoxy) is 1. The fraction of sp³-hybridized carbons (Fsp3) is 0.400. The van der Waals surface area contributed by atoms with Gasteiger partial charge >= 0.3 is 0 Å². The number of anilines is 1. The molecule has 4 nitrogen and oxygen atoms in total. The second-order valence-electron chi connectivity index (χ2n) is 3.16. The maximum absolute atomic E-state index is 5.32. The molecule has 0 amide bonds. The fourth-order valence-corrected chi connectivity index (χ4v) is 1.16. The maximum Gasteiger partial charge on any atom is 0.222 e. The molecule has 0 fully saturated rings. The molecule has 0 saturated heterocycles. The van der Waals surface area contributed by atoms with E-state index in [2.05, 4.69) is 44.5 Å². The quantitative estimate of drug-likeness (QED) is 0.495. The average Bonchev–Trinajstić information content (AvgIpc) is 2.20. The van der Waals surface area contributed by atoms with E-state index in [-0.39, 0.29) is 0 Å². The van der Waals surface area contributed by atoms with Crippen LogP contribution in [0, 0.1) is 3.57 Å². The molecule has 5 heteroatoms. The number of nitrogens with zero attached hydrogens (tertiary/aromatic N) is 2. The van der Waals surface area contributed by atoms with Crippen molar-refractivity contribution in [3.05, 3.63) is 28.1 Å². The van der Waals surface area contributed by atoms with Crippen LogP contribution in [0.15, 0.2) is 24.5 Å². The van der Waals surface area contributed by atoms with Gasteiger partial charge in [0.05, 0.1) is 13.2 Å². The summed E-state index contributed by atoms with van der Waals surface area (Å²) < 4.78 is 6.35. The highest BCUT2D eigenvalue weighted by Crippen LogP contribution is 2.02. The van der Waals surface area contributed by atoms with Gasteiger partial charge in [-0.1, -0.05) is 12.2 Å². The summed E-state index contributed by atoms with van der Waals surface area (Å²) in [5.74, 6) is 0.634. The van der Waals surface area contributed by atoms with Crippen LogP contribution in [-0.2, 0) is 4.74 Å². The summed E-state index contributed by atoms with van der Waals surface area (Å²) in [6.07, 6.45) is 3.54. The minimum absolute atomic E-state index is 0.606.